The van der Waals surface area contributed by atoms with Crippen LogP contribution >= 0.6 is 39.9 Å². The predicted molar refractivity (Wildman–Crippen MR) is 156 cm³/mol. The lowest BCUT2D eigenvalue weighted by Crippen LogP contribution is -2.29. The van der Waals surface area contributed by atoms with Crippen LogP contribution in [0.5, 0.6) is 11.5 Å². The summed E-state index contributed by atoms with van der Waals surface area (Å²) < 4.78 is 17.7. The first kappa shape index (κ1) is 29.2. The number of halogens is 1. The summed E-state index contributed by atoms with van der Waals surface area (Å²) >= 11 is 10.4. The fraction of sp³-hybridized carbons (Fsp3) is 0.393. The lowest BCUT2D eigenvalue weighted by Gasteiger charge is -2.16. The van der Waals surface area contributed by atoms with Crippen LogP contribution in [-0.2, 0) is 20.9 Å². The molecule has 0 atom stereocenters. The Morgan fingerprint density at radius 2 is 1.78 bits per heavy atom. The molecule has 1 saturated heterocycles. The highest BCUT2D eigenvalue weighted by molar-refractivity contribution is 9.10. The van der Waals surface area contributed by atoms with Gasteiger partial charge < -0.3 is 14.2 Å². The maximum atomic E-state index is 13.0. The summed E-state index contributed by atoms with van der Waals surface area (Å²) in [6.45, 7) is 7.23. The number of carbonyl (C=O) groups excluding carboxylic acids is 2. The first-order chi connectivity index (χ1) is 17.6. The van der Waals surface area contributed by atoms with Gasteiger partial charge in [0.2, 0.25) is 0 Å². The molecule has 198 valence electrons. The molecule has 0 bridgehead atoms. The van der Waals surface area contributed by atoms with Crippen molar-refractivity contribution in [3.05, 3.63) is 61.5 Å². The number of nitrogens with zero attached hydrogens (tertiary/aromatic N) is 1. The first-order valence-electron chi connectivity index (χ1n) is 12.0. The van der Waals surface area contributed by atoms with Gasteiger partial charge in [0.15, 0.2) is 11.5 Å². The maximum Gasteiger partial charge on any atom is 0.305 e. The average Bonchev–Trinajstić information content (AvgIpc) is 3.12. The second-order valence-corrected chi connectivity index (χ2v) is 11.4. The molecule has 1 aliphatic heterocycles. The summed E-state index contributed by atoms with van der Waals surface area (Å²) in [5.41, 5.74) is 5.59. The molecule has 2 aromatic rings. The quantitative estimate of drug-likeness (QED) is 0.119. The second-order valence-electron chi connectivity index (χ2n) is 8.91. The number of thiocarbonyl (C=S) groups is 1. The number of hydrogen-bond acceptors (Lipinski definition) is 7. The summed E-state index contributed by atoms with van der Waals surface area (Å²) in [6, 6.07) is 8.08. The van der Waals surface area contributed by atoms with E-state index in [1.807, 2.05) is 18.2 Å². The zero-order chi connectivity index (χ0) is 27.1. The molecule has 0 aliphatic carbocycles. The monoisotopic (exact) mass is 605 g/mol. The van der Waals surface area contributed by atoms with Gasteiger partial charge >= 0.3 is 5.97 Å². The maximum absolute atomic E-state index is 13.0. The zero-order valence-electron chi connectivity index (χ0n) is 21.8. The van der Waals surface area contributed by atoms with E-state index in [1.165, 1.54) is 35.6 Å². The van der Waals surface area contributed by atoms with E-state index in [4.69, 9.17) is 21.7 Å². The Labute approximate surface area is 236 Å². The van der Waals surface area contributed by atoms with Gasteiger partial charge in [0.1, 0.15) is 10.9 Å². The van der Waals surface area contributed by atoms with Crippen molar-refractivity contribution >= 4 is 62.2 Å². The second kappa shape index (κ2) is 13.4. The van der Waals surface area contributed by atoms with Gasteiger partial charge in [-0.25, -0.2) is 0 Å². The minimum Gasteiger partial charge on any atom is -0.493 e. The topological polar surface area (TPSA) is 65.1 Å². The van der Waals surface area contributed by atoms with E-state index >= 15 is 0 Å². The lowest BCUT2D eigenvalue weighted by molar-refractivity contribution is -0.140. The SMILES string of the molecule is COC(=O)CCCCCN1C(=O)/C(=C\c2cc(Br)c(OCc3cc(C)c(C)cc3C)c(OC)c2)SC1=S. The molecule has 3 rings (SSSR count). The van der Waals surface area contributed by atoms with Crippen LogP contribution in [0, 0.1) is 20.8 Å². The summed E-state index contributed by atoms with van der Waals surface area (Å²) in [7, 11) is 2.98. The number of methoxy groups -OCH3 is 2. The Kier molecular flexibility index (Phi) is 10.6. The molecular weight excluding hydrogens is 574 g/mol. The number of thioether (sulfide) groups is 1. The normalized spacial score (nSPS) is 14.4. The first-order valence-corrected chi connectivity index (χ1v) is 14.1. The Bertz CT molecular complexity index is 1230. The number of amides is 1. The van der Waals surface area contributed by atoms with Crippen molar-refractivity contribution in [2.75, 3.05) is 20.8 Å². The van der Waals surface area contributed by atoms with Crippen molar-refractivity contribution < 1.29 is 23.8 Å². The Hall–Kier alpha value is -2.36. The average molecular weight is 607 g/mol. The number of carbonyl (C=O) groups is 2. The number of esters is 1. The van der Waals surface area contributed by atoms with Crippen LogP contribution in [0.1, 0.15) is 53.5 Å². The minimum absolute atomic E-state index is 0.108. The Balaban J connectivity index is 1.69. The number of rotatable bonds is 11. The summed E-state index contributed by atoms with van der Waals surface area (Å²) in [6.07, 6.45) is 4.51. The molecule has 0 unspecified atom stereocenters. The van der Waals surface area contributed by atoms with Crippen LogP contribution in [0.3, 0.4) is 0 Å². The molecule has 6 nitrogen and oxygen atoms in total. The highest BCUT2D eigenvalue weighted by atomic mass is 79.9. The van der Waals surface area contributed by atoms with Crippen molar-refractivity contribution in [2.24, 2.45) is 0 Å². The van der Waals surface area contributed by atoms with Crippen LogP contribution in [0.2, 0.25) is 0 Å². The van der Waals surface area contributed by atoms with Crippen molar-refractivity contribution in [3.8, 4) is 11.5 Å². The van der Waals surface area contributed by atoms with Crippen molar-refractivity contribution in [2.45, 2.75) is 53.1 Å². The van der Waals surface area contributed by atoms with E-state index in [2.05, 4.69) is 53.6 Å². The lowest BCUT2D eigenvalue weighted by atomic mass is 10.0. The van der Waals surface area contributed by atoms with E-state index in [1.54, 1.807) is 12.0 Å². The third-order valence-electron chi connectivity index (χ3n) is 6.24. The van der Waals surface area contributed by atoms with Gasteiger partial charge in [-0.3, -0.25) is 14.5 Å². The van der Waals surface area contributed by atoms with Gasteiger partial charge in [0, 0.05) is 13.0 Å². The van der Waals surface area contributed by atoms with Crippen LogP contribution in [-0.4, -0.2) is 41.9 Å². The van der Waals surface area contributed by atoms with Gasteiger partial charge in [-0.2, -0.15) is 0 Å². The molecule has 1 heterocycles. The standard InChI is InChI=1S/C28H32BrNO5S2/c1-17-11-19(3)21(12-18(17)2)16-35-26-22(29)13-20(14-23(26)33-4)15-24-27(32)30(28(36)37-24)10-8-6-7-9-25(31)34-5/h11-15H,6-10,16H2,1-5H3/b24-15+. The number of hydrogen-bond donors (Lipinski definition) is 0. The van der Waals surface area contributed by atoms with E-state index in [0.717, 1.165) is 34.9 Å². The molecular formula is C28H32BrNO5S2. The van der Waals surface area contributed by atoms with Crippen LogP contribution < -0.4 is 9.47 Å². The van der Waals surface area contributed by atoms with Gasteiger partial charge in [0.05, 0.1) is 23.6 Å². The van der Waals surface area contributed by atoms with Gasteiger partial charge in [-0.15, -0.1) is 0 Å². The minimum atomic E-state index is -0.216. The van der Waals surface area contributed by atoms with E-state index in [9.17, 15) is 9.59 Å². The van der Waals surface area contributed by atoms with Crippen LogP contribution in [0.25, 0.3) is 6.08 Å². The molecule has 2 aromatic carbocycles. The number of benzene rings is 2. The number of aryl methyl sites for hydroxylation is 3. The van der Waals surface area contributed by atoms with Gasteiger partial charge in [0.25, 0.3) is 5.91 Å². The molecule has 0 saturated carbocycles. The van der Waals surface area contributed by atoms with Crippen molar-refractivity contribution in [1.29, 1.82) is 0 Å². The Morgan fingerprint density at radius 1 is 1.05 bits per heavy atom. The summed E-state index contributed by atoms with van der Waals surface area (Å²) in [5, 5.41) is 0. The molecule has 9 heteroatoms. The molecule has 0 radical (unpaired) electrons. The molecule has 1 fully saturated rings. The van der Waals surface area contributed by atoms with Gasteiger partial charge in [-0.05, 0) is 95.6 Å². The fourth-order valence-electron chi connectivity index (χ4n) is 3.95. The smallest absolute Gasteiger partial charge is 0.305 e. The molecule has 37 heavy (non-hydrogen) atoms. The summed E-state index contributed by atoms with van der Waals surface area (Å²) in [4.78, 5) is 26.4. The zero-order valence-corrected chi connectivity index (χ0v) is 25.0. The molecule has 0 spiro atoms. The van der Waals surface area contributed by atoms with Gasteiger partial charge in [-0.1, -0.05) is 42.5 Å². The highest BCUT2D eigenvalue weighted by Crippen LogP contribution is 2.39. The number of ether oxygens (including phenoxy) is 3. The highest BCUT2D eigenvalue weighted by Gasteiger charge is 2.31. The van der Waals surface area contributed by atoms with Crippen LogP contribution in [0.4, 0.5) is 0 Å². The largest absolute Gasteiger partial charge is 0.493 e. The molecule has 0 N–H and O–H groups in total. The molecule has 1 amide bonds. The van der Waals surface area contributed by atoms with E-state index in [-0.39, 0.29) is 11.9 Å². The molecule has 1 aliphatic rings. The van der Waals surface area contributed by atoms with Crippen molar-refractivity contribution in [3.63, 3.8) is 0 Å². The van der Waals surface area contributed by atoms with Crippen molar-refractivity contribution in [1.82, 2.24) is 4.90 Å². The summed E-state index contributed by atoms with van der Waals surface area (Å²) in [5.74, 6) is 0.857. The van der Waals surface area contributed by atoms with Crippen LogP contribution in [0.15, 0.2) is 33.6 Å². The third kappa shape index (κ3) is 7.58. The van der Waals surface area contributed by atoms with E-state index < -0.39 is 0 Å². The fourth-order valence-corrected chi connectivity index (χ4v) is 5.83. The molecule has 0 aromatic heterocycles. The predicted octanol–water partition coefficient (Wildman–Crippen LogP) is 6.90. The number of unbranched alkanes of at least 4 members (excludes halogenated alkanes) is 2. The van der Waals surface area contributed by atoms with E-state index in [0.29, 0.717) is 40.3 Å². The third-order valence-corrected chi connectivity index (χ3v) is 8.20. The Morgan fingerprint density at radius 3 is 2.49 bits per heavy atom.